The molecule has 0 aliphatic heterocycles. The van der Waals surface area contributed by atoms with E-state index in [2.05, 4.69) is 167 Å². The van der Waals surface area contributed by atoms with Gasteiger partial charge in [-0.3, -0.25) is 9.55 Å². The number of nitrogens with zero attached hydrogens (tertiary/aromatic N) is 3. The van der Waals surface area contributed by atoms with Crippen LogP contribution in [0.25, 0.3) is 83.9 Å². The summed E-state index contributed by atoms with van der Waals surface area (Å²) in [5, 5.41) is 12.5. The van der Waals surface area contributed by atoms with Gasteiger partial charge in [-0.25, -0.2) is 4.98 Å². The molecule has 0 atom stereocenters. The molecule has 1 N–H and O–H groups in total. The second-order valence-corrected chi connectivity index (χ2v) is 20.2. The van der Waals surface area contributed by atoms with Crippen LogP contribution in [0, 0.1) is 0 Å². The van der Waals surface area contributed by atoms with Crippen molar-refractivity contribution in [1.82, 2.24) is 14.5 Å². The summed E-state index contributed by atoms with van der Waals surface area (Å²) in [5.74, 6) is -0.761. The zero-order valence-corrected chi connectivity index (χ0v) is 40.0. The van der Waals surface area contributed by atoms with Crippen LogP contribution < -0.4 is 0 Å². The van der Waals surface area contributed by atoms with Gasteiger partial charge in [0, 0.05) is 31.3 Å². The lowest BCUT2D eigenvalue weighted by atomic mass is 9.79. The van der Waals surface area contributed by atoms with Crippen LogP contribution in [0.15, 0.2) is 170 Å². The maximum atomic E-state index is 12.5. The highest BCUT2D eigenvalue weighted by Crippen LogP contribution is 2.45. The van der Waals surface area contributed by atoms with Crippen LogP contribution in [0.2, 0.25) is 0 Å². The molecule has 7 aromatic carbocycles. The predicted molar refractivity (Wildman–Crippen MR) is 279 cm³/mol. The Morgan fingerprint density at radius 3 is 1.73 bits per heavy atom. The van der Waals surface area contributed by atoms with Crippen molar-refractivity contribution >= 4 is 11.0 Å². The Balaban J connectivity index is 1.33. The van der Waals surface area contributed by atoms with Gasteiger partial charge >= 0.3 is 0 Å². The highest BCUT2D eigenvalue weighted by Gasteiger charge is 2.29. The average molecular weight is 866 g/mol. The van der Waals surface area contributed by atoms with Gasteiger partial charge in [0.05, 0.1) is 22.3 Å². The zero-order valence-electron chi connectivity index (χ0n) is 42.0. The van der Waals surface area contributed by atoms with Crippen molar-refractivity contribution in [3.05, 3.63) is 192 Å². The van der Waals surface area contributed by atoms with Crippen molar-refractivity contribution < 1.29 is 7.85 Å². The number of hydrogen-bond acceptors (Lipinski definition) is 3. The first-order valence-corrected chi connectivity index (χ1v) is 23.0. The van der Waals surface area contributed by atoms with E-state index in [9.17, 15) is 6.48 Å². The van der Waals surface area contributed by atoms with E-state index in [-0.39, 0.29) is 16.6 Å². The Labute approximate surface area is 394 Å². The molecule has 0 spiro atoms. The summed E-state index contributed by atoms with van der Waals surface area (Å²) in [6.07, 6.45) is 1.87. The molecule has 0 radical (unpaired) electrons. The lowest BCUT2D eigenvalue weighted by molar-refractivity contribution is 0.446. The Morgan fingerprint density at radius 2 is 1.11 bits per heavy atom. The lowest BCUT2D eigenvalue weighted by Gasteiger charge is -2.27. The molecule has 4 nitrogen and oxygen atoms in total. The molecule has 2 heterocycles. The number of imidazole rings is 1. The third-order valence-electron chi connectivity index (χ3n) is 12.8. The molecule has 9 aromatic rings. The fourth-order valence-corrected chi connectivity index (χ4v) is 8.90. The number of aromatic nitrogens is 3. The molecule has 4 heteroatoms. The molecule has 0 fully saturated rings. The zero-order chi connectivity index (χ0) is 48.3. The molecule has 0 aliphatic rings. The van der Waals surface area contributed by atoms with E-state index in [1.165, 1.54) is 0 Å². The van der Waals surface area contributed by atoms with Crippen LogP contribution in [-0.4, -0.2) is 19.6 Å². The third-order valence-corrected chi connectivity index (χ3v) is 12.8. The summed E-state index contributed by atoms with van der Waals surface area (Å²) >= 11 is 0. The van der Waals surface area contributed by atoms with Crippen molar-refractivity contribution in [2.45, 2.75) is 91.9 Å². The van der Waals surface area contributed by atoms with Crippen LogP contribution in [0.5, 0.6) is 5.75 Å². The van der Waals surface area contributed by atoms with Gasteiger partial charge in [0.1, 0.15) is 11.6 Å². The van der Waals surface area contributed by atoms with Gasteiger partial charge in [-0.1, -0.05) is 178 Å². The van der Waals surface area contributed by atoms with Gasteiger partial charge in [0.25, 0.3) is 0 Å². The summed E-state index contributed by atoms with van der Waals surface area (Å²) in [6.45, 7) is 20.7. The quantitative estimate of drug-likeness (QED) is 0.157. The molecule has 0 saturated carbocycles. The fraction of sp³-hybridized carbons (Fsp3) is 0.226. The standard InChI is InChI=1S/C62H61N3O/c1-39(2)41-24-26-44(27-25-41)45-28-29-63-56(36-45)50-32-47(42-18-13-11-14-19-42)31-49(33-50)53-22-17-23-57-58(53)64-60(54-37-51(61(5,6)7)38-55(59(54)66)62(8,9)10)65(57)52-34-46(40(3)4)30-48(35-52)43-20-15-12-16-21-43/h11-40,66H,1-10H3/i39D,40D. The Morgan fingerprint density at radius 1 is 0.500 bits per heavy atom. The van der Waals surface area contributed by atoms with E-state index in [0.717, 1.165) is 94.7 Å². The van der Waals surface area contributed by atoms with Crippen LogP contribution in [0.1, 0.15) is 106 Å². The molecule has 0 aliphatic carbocycles. The number of rotatable bonds is 9. The van der Waals surface area contributed by atoms with Gasteiger partial charge in [-0.05, 0) is 133 Å². The lowest BCUT2D eigenvalue weighted by Crippen LogP contribution is -2.17. The number of benzene rings is 7. The summed E-state index contributed by atoms with van der Waals surface area (Å²) < 4.78 is 20.0. The molecule has 0 unspecified atom stereocenters. The van der Waals surface area contributed by atoms with E-state index < -0.39 is 11.8 Å². The molecule has 2 aromatic heterocycles. The van der Waals surface area contributed by atoms with Crippen molar-refractivity contribution in [2.24, 2.45) is 0 Å². The van der Waals surface area contributed by atoms with Crippen molar-refractivity contribution in [1.29, 1.82) is 0 Å². The minimum atomic E-state index is -0.906. The fourth-order valence-electron chi connectivity index (χ4n) is 8.90. The molecule has 9 rings (SSSR count). The maximum Gasteiger partial charge on any atom is 0.149 e. The van der Waals surface area contributed by atoms with Crippen molar-refractivity contribution in [3.63, 3.8) is 0 Å². The van der Waals surface area contributed by atoms with Gasteiger partial charge in [-0.2, -0.15) is 0 Å². The maximum absolute atomic E-state index is 12.5. The second kappa shape index (κ2) is 17.4. The predicted octanol–water partition coefficient (Wildman–Crippen LogP) is 17.0. The first kappa shape index (κ1) is 41.7. The third kappa shape index (κ3) is 8.73. The number of phenols is 1. The molecular formula is C62H61N3O. The van der Waals surface area contributed by atoms with Crippen molar-refractivity contribution in [2.75, 3.05) is 0 Å². The number of aromatic hydroxyl groups is 1. The van der Waals surface area contributed by atoms with Crippen LogP contribution >= 0.6 is 0 Å². The topological polar surface area (TPSA) is 50.9 Å². The SMILES string of the molecule is [2H]C(C)(C)c1ccc(-c2ccnc(-c3cc(-c4ccccc4)cc(-c4cccc5c4nc(-c4cc(C(C)(C)C)cc(C(C)(C)C)c4O)n5-c4cc(-c5ccccc5)cc(C([2H])(C)C)c4)c3)c2)cc1. The number of pyridine rings is 1. The van der Waals surface area contributed by atoms with Crippen LogP contribution in [-0.2, 0) is 10.8 Å². The van der Waals surface area contributed by atoms with E-state index in [1.807, 2.05) is 76.4 Å². The number of para-hydroxylation sites is 1. The number of fused-ring (bicyclic) bond motifs is 1. The smallest absolute Gasteiger partial charge is 0.149 e. The minimum Gasteiger partial charge on any atom is -0.507 e. The molecule has 0 bridgehead atoms. The molecular weight excluding hydrogens is 803 g/mol. The Bertz CT molecular complexity index is 3310. The molecule has 0 amide bonds. The summed E-state index contributed by atoms with van der Waals surface area (Å²) in [7, 11) is 0. The van der Waals surface area contributed by atoms with E-state index in [1.54, 1.807) is 0 Å². The first-order valence-electron chi connectivity index (χ1n) is 24.0. The highest BCUT2D eigenvalue weighted by atomic mass is 16.3. The van der Waals surface area contributed by atoms with E-state index in [0.29, 0.717) is 11.4 Å². The summed E-state index contributed by atoms with van der Waals surface area (Å²) in [4.78, 5) is 10.6. The second-order valence-electron chi connectivity index (χ2n) is 20.2. The number of phenolic OH excluding ortho intramolecular Hbond substituents is 1. The van der Waals surface area contributed by atoms with Crippen molar-refractivity contribution in [3.8, 4) is 78.6 Å². The van der Waals surface area contributed by atoms with Gasteiger partial charge in [0.2, 0.25) is 0 Å². The monoisotopic (exact) mass is 865 g/mol. The largest absolute Gasteiger partial charge is 0.507 e. The number of hydrogen-bond donors (Lipinski definition) is 1. The molecule has 330 valence electrons. The van der Waals surface area contributed by atoms with E-state index in [4.69, 9.17) is 11.3 Å². The Hall–Kier alpha value is -7.04. The minimum absolute atomic E-state index is 0.209. The van der Waals surface area contributed by atoms with E-state index >= 15 is 0 Å². The Kier molecular flexibility index (Phi) is 11.0. The van der Waals surface area contributed by atoms with Gasteiger partial charge in [-0.15, -0.1) is 0 Å². The first-order chi connectivity index (χ1) is 32.1. The average Bonchev–Trinajstić information content (AvgIpc) is 3.70. The van der Waals surface area contributed by atoms with Crippen LogP contribution in [0.3, 0.4) is 0 Å². The highest BCUT2D eigenvalue weighted by molar-refractivity contribution is 5.98. The van der Waals surface area contributed by atoms with Crippen LogP contribution in [0.4, 0.5) is 0 Å². The molecule has 66 heavy (non-hydrogen) atoms. The normalized spacial score (nSPS) is 12.9. The van der Waals surface area contributed by atoms with Gasteiger partial charge in [0.15, 0.2) is 0 Å². The summed E-state index contributed by atoms with van der Waals surface area (Å²) in [5.41, 5.74) is 16.4. The molecule has 0 saturated heterocycles. The summed E-state index contributed by atoms with van der Waals surface area (Å²) in [6, 6.07) is 56.9. The van der Waals surface area contributed by atoms with Gasteiger partial charge < -0.3 is 5.11 Å².